The van der Waals surface area contributed by atoms with E-state index in [0.717, 1.165) is 63.5 Å². The first-order chi connectivity index (χ1) is 20.1. The molecule has 2 N–H and O–H groups in total. The lowest BCUT2D eigenvalue weighted by molar-refractivity contribution is 0.306. The van der Waals surface area contributed by atoms with Crippen molar-refractivity contribution in [3.05, 3.63) is 121 Å². The molecular weight excluding hydrogens is 508 g/mol. The second-order valence-corrected chi connectivity index (χ2v) is 10.2. The fourth-order valence-corrected chi connectivity index (χ4v) is 4.81. The molecule has 6 rings (SSSR count). The largest absolute Gasteiger partial charge is 0.489 e. The zero-order valence-electron chi connectivity index (χ0n) is 23.2. The second kappa shape index (κ2) is 12.0. The molecule has 0 aliphatic carbocycles. The molecule has 3 heterocycles. The van der Waals surface area contributed by atoms with E-state index in [9.17, 15) is 0 Å². The third kappa shape index (κ3) is 6.26. The Labute approximate surface area is 239 Å². The molecule has 0 unspecified atom stereocenters. The molecule has 6 aromatic rings. The maximum absolute atomic E-state index is 6.01. The van der Waals surface area contributed by atoms with Gasteiger partial charge in [-0.1, -0.05) is 42.5 Å². The van der Waals surface area contributed by atoms with Gasteiger partial charge in [-0.2, -0.15) is 0 Å². The van der Waals surface area contributed by atoms with Crippen LogP contribution in [0.3, 0.4) is 0 Å². The van der Waals surface area contributed by atoms with Crippen LogP contribution in [-0.2, 0) is 13.0 Å². The molecular formula is C34H32N6O. The Morgan fingerprint density at radius 2 is 1.63 bits per heavy atom. The summed E-state index contributed by atoms with van der Waals surface area (Å²) in [5, 5.41) is 4.40. The number of likely N-dealkylation sites (N-methyl/N-ethyl adjacent to an activating group) is 1. The Bertz CT molecular complexity index is 1750. The topological polar surface area (TPSA) is 79.0 Å². The molecule has 0 amide bonds. The number of aromatic nitrogens is 4. The number of ether oxygens (including phenoxy) is 1. The lowest BCUT2D eigenvalue weighted by Crippen LogP contribution is -2.15. The van der Waals surface area contributed by atoms with Crippen molar-refractivity contribution in [2.24, 2.45) is 0 Å². The van der Waals surface area contributed by atoms with Gasteiger partial charge >= 0.3 is 0 Å². The predicted molar refractivity (Wildman–Crippen MR) is 165 cm³/mol. The molecule has 0 aliphatic rings. The number of nitrogens with one attached hydrogen (secondary N) is 2. The number of nitrogens with zero attached hydrogens (tertiary/aromatic N) is 4. The summed E-state index contributed by atoms with van der Waals surface area (Å²) in [5.41, 5.74) is 7.93. The van der Waals surface area contributed by atoms with Gasteiger partial charge in [-0.15, -0.1) is 0 Å². The number of anilines is 2. The number of aromatic amines is 1. The van der Waals surface area contributed by atoms with E-state index in [4.69, 9.17) is 9.72 Å². The lowest BCUT2D eigenvalue weighted by Gasteiger charge is -2.11. The van der Waals surface area contributed by atoms with Gasteiger partial charge in [0.15, 0.2) is 0 Å². The monoisotopic (exact) mass is 540 g/mol. The number of pyridine rings is 1. The van der Waals surface area contributed by atoms with Crippen molar-refractivity contribution >= 4 is 22.7 Å². The summed E-state index contributed by atoms with van der Waals surface area (Å²) in [7, 11) is 4.17. The summed E-state index contributed by atoms with van der Waals surface area (Å²) < 4.78 is 6.01. The van der Waals surface area contributed by atoms with Crippen molar-refractivity contribution in [2.75, 3.05) is 26.0 Å². The first-order valence-corrected chi connectivity index (χ1v) is 13.7. The van der Waals surface area contributed by atoms with E-state index in [-0.39, 0.29) is 0 Å². The SMILES string of the molecule is CN(C)CCc1cccc(Nc2nccc(-c3c(-c4ccc(OCc5ccccc5)cc4)[nH]c4ncccc34)n2)c1. The van der Waals surface area contributed by atoms with Crippen LogP contribution in [0.15, 0.2) is 109 Å². The predicted octanol–water partition coefficient (Wildman–Crippen LogP) is 7.11. The van der Waals surface area contributed by atoms with Crippen LogP contribution in [0.5, 0.6) is 5.75 Å². The van der Waals surface area contributed by atoms with Crippen LogP contribution >= 0.6 is 0 Å². The van der Waals surface area contributed by atoms with E-state index in [1.165, 1.54) is 5.56 Å². The lowest BCUT2D eigenvalue weighted by atomic mass is 10.0. The maximum Gasteiger partial charge on any atom is 0.227 e. The fourth-order valence-electron chi connectivity index (χ4n) is 4.81. The van der Waals surface area contributed by atoms with Crippen molar-refractivity contribution in [1.29, 1.82) is 0 Å². The zero-order valence-corrected chi connectivity index (χ0v) is 23.2. The fraction of sp³-hybridized carbons (Fsp3) is 0.147. The summed E-state index contributed by atoms with van der Waals surface area (Å²) in [5.74, 6) is 1.36. The van der Waals surface area contributed by atoms with Gasteiger partial charge in [0.05, 0.1) is 11.4 Å². The molecule has 0 fully saturated rings. The normalized spacial score (nSPS) is 11.2. The highest BCUT2D eigenvalue weighted by atomic mass is 16.5. The first-order valence-electron chi connectivity index (χ1n) is 13.7. The number of benzene rings is 3. The quantitative estimate of drug-likeness (QED) is 0.193. The molecule has 0 atom stereocenters. The number of fused-ring (bicyclic) bond motifs is 1. The molecule has 3 aromatic heterocycles. The van der Waals surface area contributed by atoms with Gasteiger partial charge in [0.25, 0.3) is 0 Å². The summed E-state index contributed by atoms with van der Waals surface area (Å²) >= 11 is 0. The maximum atomic E-state index is 6.01. The molecule has 0 bridgehead atoms. The molecule has 0 radical (unpaired) electrons. The molecule has 0 saturated carbocycles. The van der Waals surface area contributed by atoms with E-state index >= 15 is 0 Å². The van der Waals surface area contributed by atoms with Crippen LogP contribution in [0.4, 0.5) is 11.6 Å². The third-order valence-electron chi connectivity index (χ3n) is 6.90. The molecule has 7 heteroatoms. The third-order valence-corrected chi connectivity index (χ3v) is 6.90. The Hall–Kier alpha value is -5.01. The van der Waals surface area contributed by atoms with Gasteiger partial charge in [-0.3, -0.25) is 0 Å². The zero-order chi connectivity index (χ0) is 28.0. The molecule has 41 heavy (non-hydrogen) atoms. The highest BCUT2D eigenvalue weighted by Gasteiger charge is 2.18. The Morgan fingerprint density at radius 3 is 2.46 bits per heavy atom. The van der Waals surface area contributed by atoms with Crippen LogP contribution in [-0.4, -0.2) is 45.5 Å². The highest BCUT2D eigenvalue weighted by Crippen LogP contribution is 2.37. The molecule has 0 spiro atoms. The summed E-state index contributed by atoms with van der Waals surface area (Å²) in [6.07, 6.45) is 4.56. The van der Waals surface area contributed by atoms with Gasteiger partial charge in [-0.05, 0) is 91.8 Å². The smallest absolute Gasteiger partial charge is 0.227 e. The van der Waals surface area contributed by atoms with E-state index in [1.807, 2.05) is 48.5 Å². The highest BCUT2D eigenvalue weighted by molar-refractivity contribution is 6.01. The molecule has 0 saturated heterocycles. The first kappa shape index (κ1) is 26.2. The Balaban J connectivity index is 1.28. The molecule has 3 aromatic carbocycles. The number of H-pyrrole nitrogens is 1. The van der Waals surface area contributed by atoms with E-state index in [2.05, 4.69) is 87.8 Å². The van der Waals surface area contributed by atoms with E-state index in [1.54, 1.807) is 12.4 Å². The number of rotatable bonds is 10. The second-order valence-electron chi connectivity index (χ2n) is 10.2. The van der Waals surface area contributed by atoms with Gasteiger partial charge < -0.3 is 19.9 Å². The van der Waals surface area contributed by atoms with Gasteiger partial charge in [0, 0.05) is 35.6 Å². The molecule has 7 nitrogen and oxygen atoms in total. The average Bonchev–Trinajstić information content (AvgIpc) is 3.40. The van der Waals surface area contributed by atoms with E-state index < -0.39 is 0 Å². The van der Waals surface area contributed by atoms with Crippen molar-refractivity contribution in [2.45, 2.75) is 13.0 Å². The van der Waals surface area contributed by atoms with Gasteiger partial charge in [0.1, 0.15) is 18.0 Å². The molecule has 0 aliphatic heterocycles. The minimum atomic E-state index is 0.525. The van der Waals surface area contributed by atoms with Crippen molar-refractivity contribution in [3.63, 3.8) is 0 Å². The summed E-state index contributed by atoms with van der Waals surface area (Å²) in [4.78, 5) is 19.7. The van der Waals surface area contributed by atoms with Crippen LogP contribution < -0.4 is 10.1 Å². The minimum Gasteiger partial charge on any atom is -0.489 e. The number of hydrogen-bond acceptors (Lipinski definition) is 6. The van der Waals surface area contributed by atoms with Crippen molar-refractivity contribution in [1.82, 2.24) is 24.8 Å². The van der Waals surface area contributed by atoms with Crippen LogP contribution in [0.2, 0.25) is 0 Å². The molecule has 204 valence electrons. The number of hydrogen-bond donors (Lipinski definition) is 2. The Kier molecular flexibility index (Phi) is 7.69. The van der Waals surface area contributed by atoms with Gasteiger partial charge in [-0.25, -0.2) is 15.0 Å². The van der Waals surface area contributed by atoms with Crippen LogP contribution in [0, 0.1) is 0 Å². The van der Waals surface area contributed by atoms with Crippen LogP contribution in [0.25, 0.3) is 33.5 Å². The standard InChI is InChI=1S/C34H32N6O/c1-40(2)21-18-24-10-6-11-27(22-24)37-34-36-20-17-30(38-34)31-29-12-7-19-35-33(29)39-32(31)26-13-15-28(16-14-26)41-23-25-8-4-3-5-9-25/h3-17,19-20,22H,18,21,23H2,1-2H3,(H,35,39)(H,36,37,38). The Morgan fingerprint density at radius 1 is 0.805 bits per heavy atom. The average molecular weight is 541 g/mol. The van der Waals surface area contributed by atoms with Crippen LogP contribution in [0.1, 0.15) is 11.1 Å². The van der Waals surface area contributed by atoms with Crippen molar-refractivity contribution in [3.8, 4) is 28.3 Å². The van der Waals surface area contributed by atoms with E-state index in [0.29, 0.717) is 12.6 Å². The summed E-state index contributed by atoms with van der Waals surface area (Å²) in [6.45, 7) is 1.52. The summed E-state index contributed by atoms with van der Waals surface area (Å²) in [6, 6.07) is 32.6. The van der Waals surface area contributed by atoms with Gasteiger partial charge in [0.2, 0.25) is 5.95 Å². The minimum absolute atomic E-state index is 0.525. The van der Waals surface area contributed by atoms with Crippen molar-refractivity contribution < 1.29 is 4.74 Å².